The van der Waals surface area contributed by atoms with Crippen LogP contribution in [-0.4, -0.2) is 47.4 Å². The first-order valence-corrected chi connectivity index (χ1v) is 39.0. The number of hydrogen-bond donors (Lipinski definition) is 3. The van der Waals surface area contributed by atoms with E-state index in [-0.39, 0.29) is 18.5 Å². The Morgan fingerprint density at radius 1 is 0.321 bits per heavy atom. The Balaban J connectivity index is 3.31. The molecule has 0 heterocycles. The van der Waals surface area contributed by atoms with E-state index in [2.05, 4.69) is 19.2 Å². The van der Waals surface area contributed by atoms with E-state index in [0.717, 1.165) is 38.5 Å². The zero-order valence-corrected chi connectivity index (χ0v) is 57.4. The van der Waals surface area contributed by atoms with Crippen LogP contribution in [0.5, 0.6) is 0 Å². The molecule has 0 aliphatic heterocycles. The molecule has 0 rings (SSSR count). The minimum absolute atomic E-state index is 0.0270. The molecule has 6 nitrogen and oxygen atoms in total. The lowest BCUT2D eigenvalue weighted by molar-refractivity contribution is -0.143. The molecule has 84 heavy (non-hydrogen) atoms. The number of esters is 1. The van der Waals surface area contributed by atoms with Gasteiger partial charge in [-0.15, -0.1) is 0 Å². The van der Waals surface area contributed by atoms with Crippen molar-refractivity contribution >= 4 is 11.9 Å². The number of allylic oxidation sites excluding steroid dienone is 1. The van der Waals surface area contributed by atoms with Crippen LogP contribution in [0.4, 0.5) is 0 Å². The normalized spacial score (nSPS) is 12.5. The number of rotatable bonds is 74. The zero-order chi connectivity index (χ0) is 60.6. The second-order valence-electron chi connectivity index (χ2n) is 27.1. The Labute approximate surface area is 527 Å². The highest BCUT2D eigenvalue weighted by Gasteiger charge is 2.18. The molecule has 0 saturated heterocycles. The maximum absolute atomic E-state index is 12.5. The Bertz CT molecular complexity index is 1270. The van der Waals surface area contributed by atoms with Crippen LogP contribution in [0, 0.1) is 0 Å². The third-order valence-corrected chi connectivity index (χ3v) is 18.6. The van der Waals surface area contributed by atoms with Crippen LogP contribution in [0.15, 0.2) is 12.2 Å². The van der Waals surface area contributed by atoms with Crippen molar-refractivity contribution < 1.29 is 24.5 Å². The lowest BCUT2D eigenvalue weighted by atomic mass is 10.0. The van der Waals surface area contributed by atoms with E-state index < -0.39 is 12.1 Å². The molecule has 0 aromatic heterocycles. The summed E-state index contributed by atoms with van der Waals surface area (Å²) >= 11 is 0. The van der Waals surface area contributed by atoms with Crippen LogP contribution in [0.1, 0.15) is 450 Å². The topological polar surface area (TPSA) is 95.9 Å². The van der Waals surface area contributed by atoms with Gasteiger partial charge in [0.2, 0.25) is 5.91 Å². The number of aliphatic hydroxyl groups excluding tert-OH is 2. The van der Waals surface area contributed by atoms with Gasteiger partial charge in [0.25, 0.3) is 0 Å². The third-order valence-electron chi connectivity index (χ3n) is 18.6. The maximum atomic E-state index is 12.5. The minimum atomic E-state index is -0.840. The van der Waals surface area contributed by atoms with E-state index in [1.165, 1.54) is 385 Å². The van der Waals surface area contributed by atoms with E-state index in [1.807, 2.05) is 6.08 Å². The Morgan fingerprint density at radius 3 is 0.810 bits per heavy atom. The van der Waals surface area contributed by atoms with Gasteiger partial charge in [-0.2, -0.15) is 0 Å². The summed E-state index contributed by atoms with van der Waals surface area (Å²) in [4.78, 5) is 24.6. The number of nitrogens with one attached hydrogen (secondary N) is 1. The first-order chi connectivity index (χ1) is 41.5. The van der Waals surface area contributed by atoms with Crippen molar-refractivity contribution in [2.24, 2.45) is 0 Å². The summed E-state index contributed by atoms with van der Waals surface area (Å²) in [5.41, 5.74) is 0. The van der Waals surface area contributed by atoms with Crippen molar-refractivity contribution in [3.8, 4) is 0 Å². The molecule has 3 N–H and O–H groups in total. The molecule has 0 aromatic carbocycles. The van der Waals surface area contributed by atoms with Crippen LogP contribution in [0.25, 0.3) is 0 Å². The first-order valence-electron chi connectivity index (χ1n) is 39.0. The van der Waals surface area contributed by atoms with Gasteiger partial charge in [0.15, 0.2) is 0 Å². The molecule has 0 bridgehead atoms. The molecular formula is C78H153NO5. The molecule has 0 aliphatic carbocycles. The van der Waals surface area contributed by atoms with Gasteiger partial charge in [-0.1, -0.05) is 418 Å². The summed E-state index contributed by atoms with van der Waals surface area (Å²) < 4.78 is 5.52. The second-order valence-corrected chi connectivity index (χ2v) is 27.1. The third kappa shape index (κ3) is 69.7. The quantitative estimate of drug-likeness (QED) is 0.0320. The van der Waals surface area contributed by atoms with Gasteiger partial charge in [-0.3, -0.25) is 9.59 Å². The molecular weight excluding hydrogens is 1030 g/mol. The predicted molar refractivity (Wildman–Crippen MR) is 370 cm³/mol. The van der Waals surface area contributed by atoms with E-state index in [9.17, 15) is 19.8 Å². The average Bonchev–Trinajstić information content (AvgIpc) is 3.53. The van der Waals surface area contributed by atoms with Crippen molar-refractivity contribution in [1.29, 1.82) is 0 Å². The highest BCUT2D eigenvalue weighted by molar-refractivity contribution is 5.76. The van der Waals surface area contributed by atoms with E-state index in [0.29, 0.717) is 19.4 Å². The van der Waals surface area contributed by atoms with Crippen LogP contribution < -0.4 is 5.32 Å². The summed E-state index contributed by atoms with van der Waals surface area (Å²) in [6, 6.07) is -0.623. The van der Waals surface area contributed by atoms with Crippen LogP contribution in [0.3, 0.4) is 0 Å². The van der Waals surface area contributed by atoms with Gasteiger partial charge in [-0.25, -0.2) is 0 Å². The van der Waals surface area contributed by atoms with Crippen molar-refractivity contribution in [2.45, 2.75) is 463 Å². The maximum Gasteiger partial charge on any atom is 0.305 e. The van der Waals surface area contributed by atoms with E-state index in [4.69, 9.17) is 4.74 Å². The highest BCUT2D eigenvalue weighted by Crippen LogP contribution is 2.20. The van der Waals surface area contributed by atoms with Crippen molar-refractivity contribution in [3.63, 3.8) is 0 Å². The van der Waals surface area contributed by atoms with Gasteiger partial charge in [0.05, 0.1) is 25.4 Å². The van der Waals surface area contributed by atoms with Crippen LogP contribution >= 0.6 is 0 Å². The summed E-state index contributed by atoms with van der Waals surface area (Å²) in [5, 5.41) is 23.2. The van der Waals surface area contributed by atoms with Crippen molar-refractivity contribution in [3.05, 3.63) is 12.2 Å². The Morgan fingerprint density at radius 2 is 0.548 bits per heavy atom. The van der Waals surface area contributed by atoms with Gasteiger partial charge in [0, 0.05) is 12.8 Å². The van der Waals surface area contributed by atoms with Crippen molar-refractivity contribution in [2.75, 3.05) is 13.2 Å². The number of carbonyl (C=O) groups is 2. The summed E-state index contributed by atoms with van der Waals surface area (Å²) in [5.74, 6) is -0.0324. The molecule has 0 aromatic rings. The van der Waals surface area contributed by atoms with Gasteiger partial charge < -0.3 is 20.3 Å². The summed E-state index contributed by atoms with van der Waals surface area (Å²) in [6.07, 6.45) is 93.3. The van der Waals surface area contributed by atoms with E-state index >= 15 is 0 Å². The van der Waals surface area contributed by atoms with E-state index in [1.54, 1.807) is 6.08 Å². The summed E-state index contributed by atoms with van der Waals surface area (Å²) in [6.45, 7) is 4.96. The SMILES string of the molecule is CCCCCCCCCCCCCCCC/C=C/C(O)C(CO)NC(=O)CCCCCCCCCCCCCCCCCCCCCCCCCCCCCCCCCCCOC(=O)CCCCCCCCCCCCCCCCCCCC. The fourth-order valence-corrected chi connectivity index (χ4v) is 12.6. The molecule has 0 radical (unpaired) electrons. The summed E-state index contributed by atoms with van der Waals surface area (Å²) in [7, 11) is 0. The zero-order valence-electron chi connectivity index (χ0n) is 57.4. The fraction of sp³-hybridized carbons (Fsp3) is 0.949. The number of carbonyl (C=O) groups excluding carboxylic acids is 2. The molecule has 2 unspecified atom stereocenters. The lowest BCUT2D eigenvalue weighted by Gasteiger charge is -2.20. The molecule has 2 atom stereocenters. The molecule has 0 aliphatic rings. The van der Waals surface area contributed by atoms with Crippen molar-refractivity contribution in [1.82, 2.24) is 5.32 Å². The fourth-order valence-electron chi connectivity index (χ4n) is 12.6. The number of hydrogen-bond acceptors (Lipinski definition) is 5. The molecule has 0 spiro atoms. The standard InChI is InChI=1S/C78H153NO5/c1-3-5-7-9-11-13-15-17-19-21-40-44-48-52-56-60-64-68-72-78(83)84-73-69-65-61-57-53-49-45-41-38-36-34-32-30-28-26-24-22-23-25-27-29-31-33-35-37-39-43-47-51-55-59-63-67-71-77(82)79-75(74-80)76(81)70-66-62-58-54-50-46-42-20-18-16-14-12-10-8-6-4-2/h66,70,75-76,80-81H,3-65,67-69,71-74H2,1-2H3,(H,79,82)/b70-66+. The molecule has 0 saturated carbocycles. The number of aliphatic hydroxyl groups is 2. The van der Waals surface area contributed by atoms with Crippen LogP contribution in [0.2, 0.25) is 0 Å². The predicted octanol–water partition coefficient (Wildman–Crippen LogP) is 25.5. The molecule has 500 valence electrons. The number of unbranched alkanes of at least 4 members (excludes halogenated alkanes) is 63. The van der Waals surface area contributed by atoms with Gasteiger partial charge >= 0.3 is 5.97 Å². The minimum Gasteiger partial charge on any atom is -0.466 e. The second kappa shape index (κ2) is 74.1. The van der Waals surface area contributed by atoms with Gasteiger partial charge in [-0.05, 0) is 32.1 Å². The largest absolute Gasteiger partial charge is 0.466 e. The first kappa shape index (κ1) is 82.6. The van der Waals surface area contributed by atoms with Crippen LogP contribution in [-0.2, 0) is 14.3 Å². The van der Waals surface area contributed by atoms with Gasteiger partial charge in [0.1, 0.15) is 0 Å². The number of ether oxygens (including phenoxy) is 1. The Hall–Kier alpha value is -1.40. The molecule has 0 fully saturated rings. The highest BCUT2D eigenvalue weighted by atomic mass is 16.5. The smallest absolute Gasteiger partial charge is 0.305 e. The monoisotopic (exact) mass is 1180 g/mol. The lowest BCUT2D eigenvalue weighted by Crippen LogP contribution is -2.45. The average molecular weight is 1190 g/mol. The molecule has 1 amide bonds. The number of amides is 1. The molecule has 6 heteroatoms. The Kier molecular flexibility index (Phi) is 72.8.